The number of anilines is 2. The normalized spacial score (nSPS) is 16.9. The van der Waals surface area contributed by atoms with Crippen LogP contribution in [0.1, 0.15) is 30.8 Å². The van der Waals surface area contributed by atoms with E-state index in [0.29, 0.717) is 22.9 Å². The molecular formula is C19H25Cl2N5O2. The van der Waals surface area contributed by atoms with E-state index in [-0.39, 0.29) is 30.1 Å². The molecule has 0 spiro atoms. The van der Waals surface area contributed by atoms with Crippen LogP contribution in [-0.4, -0.2) is 34.7 Å². The molecule has 2 aromatic rings. The van der Waals surface area contributed by atoms with Crippen molar-refractivity contribution in [3.63, 3.8) is 0 Å². The molecule has 0 bridgehead atoms. The number of carbonyl (C=O) groups excluding carboxylic acids is 2. The molecule has 0 radical (unpaired) electrons. The summed E-state index contributed by atoms with van der Waals surface area (Å²) in [5.74, 6) is -0.257. The van der Waals surface area contributed by atoms with Crippen LogP contribution in [0.25, 0.3) is 0 Å². The second-order valence-corrected chi connectivity index (χ2v) is 7.32. The van der Waals surface area contributed by atoms with Gasteiger partial charge in [0.1, 0.15) is 6.04 Å². The molecule has 2 amide bonds. The minimum Gasteiger partial charge on any atom is -0.326 e. The Morgan fingerprint density at radius 2 is 2.04 bits per heavy atom. The smallest absolute Gasteiger partial charge is 0.248 e. The Balaban J connectivity index is 0.00000280. The standard InChI is InChI=1S/C19H24ClN5O2.ClH/c1-11-8-12(2)25(24-11)13(3)18(26)23-17-5-4-15(9-16(17)20)22-19(27)14-6-7-21-10-14;/h4-5,8-9,13-14,21H,6-7,10H2,1-3H3,(H,22,27)(H,23,26);1H. The first-order valence-corrected chi connectivity index (χ1v) is 9.37. The third-order valence-corrected chi connectivity index (χ3v) is 5.03. The summed E-state index contributed by atoms with van der Waals surface area (Å²) in [4.78, 5) is 24.8. The lowest BCUT2D eigenvalue weighted by atomic mass is 10.1. The zero-order valence-electron chi connectivity index (χ0n) is 16.1. The Bertz CT molecular complexity index is 862. The molecule has 3 N–H and O–H groups in total. The fourth-order valence-corrected chi connectivity index (χ4v) is 3.43. The Morgan fingerprint density at radius 1 is 1.29 bits per heavy atom. The Hall–Kier alpha value is -2.09. The van der Waals surface area contributed by atoms with E-state index in [9.17, 15) is 9.59 Å². The lowest BCUT2D eigenvalue weighted by molar-refractivity contribution is -0.120. The summed E-state index contributed by atoms with van der Waals surface area (Å²) in [6.45, 7) is 7.13. The highest BCUT2D eigenvalue weighted by Gasteiger charge is 2.23. The van der Waals surface area contributed by atoms with Gasteiger partial charge in [-0.25, -0.2) is 0 Å². The van der Waals surface area contributed by atoms with Gasteiger partial charge in [0.25, 0.3) is 0 Å². The highest BCUT2D eigenvalue weighted by Crippen LogP contribution is 2.27. The average Bonchev–Trinajstić information content (AvgIpc) is 3.26. The molecule has 1 aliphatic heterocycles. The van der Waals surface area contributed by atoms with Gasteiger partial charge in [-0.1, -0.05) is 11.6 Å². The van der Waals surface area contributed by atoms with E-state index >= 15 is 0 Å². The van der Waals surface area contributed by atoms with Crippen LogP contribution in [0.3, 0.4) is 0 Å². The van der Waals surface area contributed by atoms with Crippen LogP contribution >= 0.6 is 24.0 Å². The molecule has 2 heterocycles. The van der Waals surface area contributed by atoms with Gasteiger partial charge < -0.3 is 16.0 Å². The number of rotatable bonds is 5. The third-order valence-electron chi connectivity index (χ3n) is 4.72. The SMILES string of the molecule is Cc1cc(C)n(C(C)C(=O)Nc2ccc(NC(=O)C3CCNC3)cc2Cl)n1.Cl. The summed E-state index contributed by atoms with van der Waals surface area (Å²) in [5, 5.41) is 13.6. The highest BCUT2D eigenvalue weighted by molar-refractivity contribution is 6.34. The summed E-state index contributed by atoms with van der Waals surface area (Å²) >= 11 is 6.30. The molecular weight excluding hydrogens is 401 g/mol. The Morgan fingerprint density at radius 3 is 2.61 bits per heavy atom. The fraction of sp³-hybridized carbons (Fsp3) is 0.421. The van der Waals surface area contributed by atoms with Crippen LogP contribution < -0.4 is 16.0 Å². The minimum absolute atomic E-state index is 0. The largest absolute Gasteiger partial charge is 0.326 e. The van der Waals surface area contributed by atoms with Crippen molar-refractivity contribution in [3.8, 4) is 0 Å². The summed E-state index contributed by atoms with van der Waals surface area (Å²) in [6, 6.07) is 6.52. The van der Waals surface area contributed by atoms with Gasteiger partial charge in [-0.3, -0.25) is 14.3 Å². The van der Waals surface area contributed by atoms with Gasteiger partial charge in [0, 0.05) is 17.9 Å². The number of hydrogen-bond donors (Lipinski definition) is 3. The van der Waals surface area contributed by atoms with Crippen LogP contribution in [0.2, 0.25) is 5.02 Å². The van der Waals surface area contributed by atoms with E-state index in [1.165, 1.54) is 0 Å². The van der Waals surface area contributed by atoms with Gasteiger partial charge >= 0.3 is 0 Å². The number of aromatic nitrogens is 2. The minimum atomic E-state index is -0.469. The number of aryl methyl sites for hydroxylation is 2. The van der Waals surface area contributed by atoms with Gasteiger partial charge in [-0.05, 0) is 58.0 Å². The van der Waals surface area contributed by atoms with E-state index < -0.39 is 6.04 Å². The molecule has 9 heteroatoms. The number of halogens is 2. The summed E-state index contributed by atoms with van der Waals surface area (Å²) in [6.07, 6.45) is 0.831. The monoisotopic (exact) mass is 425 g/mol. The molecule has 0 aliphatic carbocycles. The van der Waals surface area contributed by atoms with Gasteiger partial charge in [0.15, 0.2) is 0 Å². The van der Waals surface area contributed by atoms with Crippen LogP contribution in [0.15, 0.2) is 24.3 Å². The van der Waals surface area contributed by atoms with Crippen molar-refractivity contribution in [3.05, 3.63) is 40.7 Å². The zero-order chi connectivity index (χ0) is 19.6. The lowest BCUT2D eigenvalue weighted by Gasteiger charge is -2.16. The number of nitrogens with one attached hydrogen (secondary N) is 3. The van der Waals surface area contributed by atoms with Crippen molar-refractivity contribution in [1.29, 1.82) is 0 Å². The van der Waals surface area contributed by atoms with Crippen LogP contribution in [-0.2, 0) is 9.59 Å². The van der Waals surface area contributed by atoms with Crippen molar-refractivity contribution in [2.75, 3.05) is 23.7 Å². The van der Waals surface area contributed by atoms with Gasteiger partial charge in [-0.15, -0.1) is 12.4 Å². The molecule has 3 rings (SSSR count). The highest BCUT2D eigenvalue weighted by atomic mass is 35.5. The quantitative estimate of drug-likeness (QED) is 0.685. The molecule has 28 heavy (non-hydrogen) atoms. The first-order valence-electron chi connectivity index (χ1n) is 9.00. The van der Waals surface area contributed by atoms with Gasteiger partial charge in [0.2, 0.25) is 11.8 Å². The van der Waals surface area contributed by atoms with Gasteiger partial charge in [-0.2, -0.15) is 5.10 Å². The third kappa shape index (κ3) is 5.04. The zero-order valence-corrected chi connectivity index (χ0v) is 17.7. The van der Waals surface area contributed by atoms with Crippen LogP contribution in [0, 0.1) is 19.8 Å². The van der Waals surface area contributed by atoms with E-state index in [0.717, 1.165) is 24.4 Å². The van der Waals surface area contributed by atoms with Crippen molar-refractivity contribution in [1.82, 2.24) is 15.1 Å². The predicted molar refractivity (Wildman–Crippen MR) is 113 cm³/mol. The van der Waals surface area contributed by atoms with Crippen molar-refractivity contribution in [2.45, 2.75) is 33.2 Å². The number of benzene rings is 1. The molecule has 1 saturated heterocycles. The molecule has 1 aromatic carbocycles. The summed E-state index contributed by atoms with van der Waals surface area (Å²) in [7, 11) is 0. The molecule has 152 valence electrons. The number of amides is 2. The molecule has 1 fully saturated rings. The maximum Gasteiger partial charge on any atom is 0.248 e. The maximum absolute atomic E-state index is 12.6. The number of hydrogen-bond acceptors (Lipinski definition) is 4. The molecule has 1 aromatic heterocycles. The van der Waals surface area contributed by atoms with E-state index in [4.69, 9.17) is 11.6 Å². The van der Waals surface area contributed by atoms with E-state index in [2.05, 4.69) is 21.0 Å². The summed E-state index contributed by atoms with van der Waals surface area (Å²) < 4.78 is 1.68. The van der Waals surface area contributed by atoms with Crippen LogP contribution in [0.4, 0.5) is 11.4 Å². The second-order valence-electron chi connectivity index (χ2n) is 6.91. The number of carbonyl (C=O) groups is 2. The van der Waals surface area contributed by atoms with Crippen molar-refractivity contribution < 1.29 is 9.59 Å². The summed E-state index contributed by atoms with van der Waals surface area (Å²) in [5.41, 5.74) is 2.89. The average molecular weight is 426 g/mol. The molecule has 2 atom stereocenters. The molecule has 7 nitrogen and oxygen atoms in total. The van der Waals surface area contributed by atoms with Crippen LogP contribution in [0.5, 0.6) is 0 Å². The predicted octanol–water partition coefficient (Wildman–Crippen LogP) is 3.32. The Labute approximate surface area is 175 Å². The molecule has 1 aliphatic rings. The second kappa shape index (κ2) is 9.41. The fourth-order valence-electron chi connectivity index (χ4n) is 3.20. The van der Waals surface area contributed by atoms with E-state index in [1.807, 2.05) is 19.9 Å². The lowest BCUT2D eigenvalue weighted by Crippen LogP contribution is -2.25. The van der Waals surface area contributed by atoms with Crippen molar-refractivity contribution in [2.24, 2.45) is 5.92 Å². The van der Waals surface area contributed by atoms with E-state index in [1.54, 1.807) is 29.8 Å². The first-order chi connectivity index (χ1) is 12.8. The first kappa shape index (κ1) is 22.2. The van der Waals surface area contributed by atoms with Gasteiger partial charge in [0.05, 0.1) is 22.3 Å². The number of nitrogens with zero attached hydrogens (tertiary/aromatic N) is 2. The maximum atomic E-state index is 12.6. The topological polar surface area (TPSA) is 88.0 Å². The molecule has 0 saturated carbocycles. The van der Waals surface area contributed by atoms with Crippen molar-refractivity contribution >= 4 is 47.2 Å². The Kier molecular flexibility index (Phi) is 7.46. The molecule has 2 unspecified atom stereocenters.